The summed E-state index contributed by atoms with van der Waals surface area (Å²) in [7, 11) is 0. The van der Waals surface area contributed by atoms with Gasteiger partial charge in [-0.2, -0.15) is 0 Å². The highest BCUT2D eigenvalue weighted by Gasteiger charge is 2.09. The van der Waals surface area contributed by atoms with Gasteiger partial charge in [-0.1, -0.05) is 0 Å². The molecule has 0 bridgehead atoms. The summed E-state index contributed by atoms with van der Waals surface area (Å²) < 4.78 is 20.5. The first-order valence-electron chi connectivity index (χ1n) is 7.54. The molecule has 1 aromatic carbocycles. The molecule has 0 aliphatic rings. The van der Waals surface area contributed by atoms with Gasteiger partial charge in [-0.3, -0.25) is 9.38 Å². The van der Waals surface area contributed by atoms with Gasteiger partial charge >= 0.3 is 0 Å². The second kappa shape index (κ2) is 6.20. The minimum atomic E-state index is -0.493. The second-order valence-electron chi connectivity index (χ2n) is 5.42. The van der Waals surface area contributed by atoms with E-state index in [2.05, 4.69) is 15.0 Å². The van der Waals surface area contributed by atoms with Crippen molar-refractivity contribution in [2.75, 3.05) is 0 Å². The van der Waals surface area contributed by atoms with Crippen molar-refractivity contribution in [2.24, 2.45) is 0 Å². The van der Waals surface area contributed by atoms with Crippen LogP contribution in [0, 0.1) is 5.82 Å². The fraction of sp³-hybridized carbons (Fsp3) is 0.0556. The molecule has 0 radical (unpaired) electrons. The number of fused-ring (bicyclic) bond motifs is 1. The van der Waals surface area contributed by atoms with Gasteiger partial charge < -0.3 is 9.84 Å². The molecule has 124 valence electrons. The molecule has 0 saturated heterocycles. The minimum absolute atomic E-state index is 0.138. The van der Waals surface area contributed by atoms with Crippen LogP contribution >= 0.6 is 0 Å². The molecule has 25 heavy (non-hydrogen) atoms. The number of pyridine rings is 1. The Hall–Kier alpha value is -3.48. The molecule has 0 aliphatic heterocycles. The zero-order valence-electron chi connectivity index (χ0n) is 13.0. The third-order valence-electron chi connectivity index (χ3n) is 3.65. The number of hydrogen-bond acceptors (Lipinski definition) is 5. The summed E-state index contributed by atoms with van der Waals surface area (Å²) in [5.41, 5.74) is 1.86. The number of hydrogen-bond donors (Lipinski definition) is 1. The number of nitrogens with zero attached hydrogens (tertiary/aromatic N) is 4. The van der Waals surface area contributed by atoms with E-state index in [-0.39, 0.29) is 12.4 Å². The van der Waals surface area contributed by atoms with Crippen LogP contribution in [0.15, 0.2) is 61.3 Å². The van der Waals surface area contributed by atoms with Crippen LogP contribution in [0.1, 0.15) is 5.69 Å². The summed E-state index contributed by atoms with van der Waals surface area (Å²) in [6, 6.07) is 7.48. The molecule has 0 amide bonds. The van der Waals surface area contributed by atoms with Crippen LogP contribution in [-0.2, 0) is 6.61 Å². The van der Waals surface area contributed by atoms with Gasteiger partial charge in [0.05, 0.1) is 11.9 Å². The van der Waals surface area contributed by atoms with E-state index in [0.717, 1.165) is 6.07 Å². The van der Waals surface area contributed by atoms with Crippen molar-refractivity contribution in [1.29, 1.82) is 0 Å². The topological polar surface area (TPSA) is 72.5 Å². The predicted molar refractivity (Wildman–Crippen MR) is 88.6 cm³/mol. The molecule has 1 N–H and O–H groups in total. The van der Waals surface area contributed by atoms with E-state index in [1.807, 2.05) is 6.07 Å². The van der Waals surface area contributed by atoms with Crippen LogP contribution in [0.5, 0.6) is 11.5 Å². The summed E-state index contributed by atoms with van der Waals surface area (Å²) >= 11 is 0. The molecule has 0 saturated carbocycles. The summed E-state index contributed by atoms with van der Waals surface area (Å²) in [5, 5.41) is 9.91. The van der Waals surface area contributed by atoms with Crippen molar-refractivity contribution < 1.29 is 14.2 Å². The second-order valence-corrected chi connectivity index (χ2v) is 5.42. The van der Waals surface area contributed by atoms with Crippen molar-refractivity contribution >= 4 is 5.78 Å². The van der Waals surface area contributed by atoms with E-state index in [9.17, 15) is 9.50 Å². The molecule has 0 atom stereocenters. The van der Waals surface area contributed by atoms with Crippen LogP contribution in [0.2, 0.25) is 0 Å². The zero-order chi connectivity index (χ0) is 17.2. The number of phenols is 1. The van der Waals surface area contributed by atoms with Gasteiger partial charge in [0.1, 0.15) is 23.9 Å². The van der Waals surface area contributed by atoms with Gasteiger partial charge in [-0.25, -0.2) is 14.4 Å². The lowest BCUT2D eigenvalue weighted by molar-refractivity contribution is 0.301. The number of halogens is 1. The minimum Gasteiger partial charge on any atom is -0.507 e. The largest absolute Gasteiger partial charge is 0.507 e. The molecule has 3 heterocycles. The Labute approximate surface area is 142 Å². The molecule has 0 spiro atoms. The third kappa shape index (κ3) is 3.12. The Morgan fingerprint density at radius 3 is 2.88 bits per heavy atom. The lowest BCUT2D eigenvalue weighted by atomic mass is 10.1. The average molecular weight is 336 g/mol. The van der Waals surface area contributed by atoms with E-state index in [1.165, 1.54) is 12.1 Å². The normalized spacial score (nSPS) is 10.9. The molecule has 0 fully saturated rings. The smallest absolute Gasteiger partial charge is 0.234 e. The summed E-state index contributed by atoms with van der Waals surface area (Å²) in [6.07, 6.45) is 8.46. The third-order valence-corrected chi connectivity index (χ3v) is 3.65. The molecule has 3 aromatic heterocycles. The first-order chi connectivity index (χ1) is 12.2. The molecular weight excluding hydrogens is 323 g/mol. The maximum Gasteiger partial charge on any atom is 0.234 e. The van der Waals surface area contributed by atoms with Gasteiger partial charge in [-0.15, -0.1) is 0 Å². The summed E-state index contributed by atoms with van der Waals surface area (Å²) in [4.78, 5) is 12.6. The van der Waals surface area contributed by atoms with Crippen molar-refractivity contribution in [3.05, 3.63) is 72.8 Å². The molecule has 0 aliphatic carbocycles. The number of rotatable bonds is 4. The average Bonchev–Trinajstić information content (AvgIpc) is 3.03. The Morgan fingerprint density at radius 2 is 2.08 bits per heavy atom. The number of ether oxygens (including phenoxy) is 1. The maximum absolute atomic E-state index is 13.1. The van der Waals surface area contributed by atoms with Gasteiger partial charge in [0.25, 0.3) is 0 Å². The van der Waals surface area contributed by atoms with Crippen LogP contribution in [-0.4, -0.2) is 24.5 Å². The summed E-state index contributed by atoms with van der Waals surface area (Å²) in [5.74, 6) is 0.536. The SMILES string of the molecule is Oc1cc(F)ccc1-c1cnc2nc(COc3cccnc3)cn2c1. The lowest BCUT2D eigenvalue weighted by Gasteiger charge is -2.04. The number of aromatic nitrogens is 4. The Kier molecular flexibility index (Phi) is 3.74. The monoisotopic (exact) mass is 336 g/mol. The van der Waals surface area contributed by atoms with E-state index in [1.54, 1.807) is 41.5 Å². The van der Waals surface area contributed by atoms with Crippen molar-refractivity contribution in [1.82, 2.24) is 19.4 Å². The molecule has 4 rings (SSSR count). The maximum atomic E-state index is 13.1. The van der Waals surface area contributed by atoms with Gasteiger partial charge in [0.2, 0.25) is 5.78 Å². The highest BCUT2D eigenvalue weighted by molar-refractivity contribution is 5.69. The fourth-order valence-corrected chi connectivity index (χ4v) is 2.48. The van der Waals surface area contributed by atoms with Gasteiger partial charge in [0.15, 0.2) is 0 Å². The number of phenolic OH excluding ortho intramolecular Hbond substituents is 1. The zero-order valence-corrected chi connectivity index (χ0v) is 13.0. The molecule has 0 unspecified atom stereocenters. The molecule has 4 aromatic rings. The number of benzene rings is 1. The first kappa shape index (κ1) is 15.1. The fourth-order valence-electron chi connectivity index (χ4n) is 2.48. The van der Waals surface area contributed by atoms with Gasteiger partial charge in [0, 0.05) is 42.0 Å². The number of aromatic hydroxyl groups is 1. The summed E-state index contributed by atoms with van der Waals surface area (Å²) in [6.45, 7) is 0.284. The van der Waals surface area contributed by atoms with Crippen LogP contribution < -0.4 is 4.74 Å². The molecular formula is C18H13FN4O2. The highest BCUT2D eigenvalue weighted by atomic mass is 19.1. The predicted octanol–water partition coefficient (Wildman–Crippen LogP) is 3.22. The van der Waals surface area contributed by atoms with E-state index < -0.39 is 5.82 Å². The van der Waals surface area contributed by atoms with Gasteiger partial charge in [-0.05, 0) is 24.3 Å². The standard InChI is InChI=1S/C18H13FN4O2/c19-13-3-4-16(17(24)6-13)12-7-21-18-22-14(10-23(18)9-12)11-25-15-2-1-5-20-8-15/h1-10,24H,11H2. The van der Waals surface area contributed by atoms with E-state index in [4.69, 9.17) is 4.74 Å². The lowest BCUT2D eigenvalue weighted by Crippen LogP contribution is -1.95. The van der Waals surface area contributed by atoms with E-state index in [0.29, 0.717) is 28.3 Å². The van der Waals surface area contributed by atoms with Crippen molar-refractivity contribution in [2.45, 2.75) is 6.61 Å². The Bertz CT molecular complexity index is 1030. The van der Waals surface area contributed by atoms with E-state index >= 15 is 0 Å². The van der Waals surface area contributed by atoms with Crippen LogP contribution in [0.4, 0.5) is 4.39 Å². The van der Waals surface area contributed by atoms with Crippen LogP contribution in [0.3, 0.4) is 0 Å². The van der Waals surface area contributed by atoms with Crippen LogP contribution in [0.25, 0.3) is 16.9 Å². The highest BCUT2D eigenvalue weighted by Crippen LogP contribution is 2.29. The molecule has 7 heteroatoms. The van der Waals surface area contributed by atoms with Crippen molar-refractivity contribution in [3.8, 4) is 22.6 Å². The number of imidazole rings is 1. The first-order valence-corrected chi connectivity index (χ1v) is 7.54. The Balaban J connectivity index is 1.61. The Morgan fingerprint density at radius 1 is 1.16 bits per heavy atom. The van der Waals surface area contributed by atoms with Crippen molar-refractivity contribution in [3.63, 3.8) is 0 Å². The quantitative estimate of drug-likeness (QED) is 0.619. The molecule has 6 nitrogen and oxygen atoms in total.